The molecule has 3 rings (SSSR count). The average molecular weight is 398 g/mol. The van der Waals surface area contributed by atoms with Gasteiger partial charge < -0.3 is 15.5 Å². The summed E-state index contributed by atoms with van der Waals surface area (Å²) in [5.74, 6) is 0.159. The third-order valence-electron chi connectivity index (χ3n) is 5.39. The number of nitrogens with one attached hydrogen (secondary N) is 2. The van der Waals surface area contributed by atoms with Gasteiger partial charge in [0.05, 0.1) is 12.3 Å². The molecule has 0 amide bonds. The van der Waals surface area contributed by atoms with Crippen molar-refractivity contribution in [2.75, 3.05) is 11.9 Å². The Bertz CT molecular complexity index is 881. The number of pyridine rings is 1. The summed E-state index contributed by atoms with van der Waals surface area (Å²) < 4.78 is 6.97. The topological polar surface area (TPSA) is 92.9 Å². The highest BCUT2D eigenvalue weighted by molar-refractivity contribution is 6.09. The number of hydrogen-bond donors (Lipinski definition) is 2. The molecule has 1 aliphatic carbocycles. The van der Waals surface area contributed by atoms with E-state index in [0.717, 1.165) is 29.7 Å². The molecule has 1 saturated carbocycles. The lowest BCUT2D eigenvalue weighted by atomic mass is 9.92. The Morgan fingerprint density at radius 2 is 2.07 bits per heavy atom. The van der Waals surface area contributed by atoms with Crippen LogP contribution in [0.3, 0.4) is 0 Å². The Hall–Kier alpha value is -2.70. The maximum atomic E-state index is 12.5. The molecule has 1 aliphatic rings. The lowest BCUT2D eigenvalue weighted by Crippen LogP contribution is -2.26. The van der Waals surface area contributed by atoms with Gasteiger partial charge in [-0.1, -0.05) is 33.1 Å². The Morgan fingerprint density at radius 3 is 2.66 bits per heavy atom. The molecular weight excluding hydrogens is 366 g/mol. The molecular formula is C22H31N5O2. The number of aromatic nitrogens is 3. The molecule has 2 aromatic rings. The summed E-state index contributed by atoms with van der Waals surface area (Å²) in [6.45, 7) is 6.07. The van der Waals surface area contributed by atoms with Gasteiger partial charge in [-0.2, -0.15) is 5.10 Å². The highest BCUT2D eigenvalue weighted by atomic mass is 16.5. The lowest BCUT2D eigenvalue weighted by Gasteiger charge is -2.26. The number of anilines is 1. The zero-order valence-electron chi connectivity index (χ0n) is 17.8. The summed E-state index contributed by atoms with van der Waals surface area (Å²) in [6.07, 6.45) is 7.48. The highest BCUT2D eigenvalue weighted by Gasteiger charge is 2.25. The molecule has 0 atom stereocenters. The fraction of sp³-hybridized carbons (Fsp3) is 0.545. The van der Waals surface area contributed by atoms with Crippen molar-refractivity contribution in [1.82, 2.24) is 14.8 Å². The number of rotatable bonds is 7. The third kappa shape index (κ3) is 4.66. The normalized spacial score (nSPS) is 14.8. The molecule has 0 radical (unpaired) electrons. The molecule has 0 aromatic carbocycles. The van der Waals surface area contributed by atoms with E-state index in [1.54, 1.807) is 23.9 Å². The van der Waals surface area contributed by atoms with Crippen molar-refractivity contribution in [3.8, 4) is 11.3 Å². The van der Waals surface area contributed by atoms with Gasteiger partial charge in [-0.25, -0.2) is 9.78 Å². The Morgan fingerprint density at radius 1 is 1.34 bits per heavy atom. The van der Waals surface area contributed by atoms with Crippen LogP contribution >= 0.6 is 0 Å². The minimum absolute atomic E-state index is 0.0177. The number of carbonyl (C=O) groups is 1. The average Bonchev–Trinajstić information content (AvgIpc) is 3.13. The van der Waals surface area contributed by atoms with Gasteiger partial charge in [-0.05, 0) is 37.8 Å². The van der Waals surface area contributed by atoms with Crippen LogP contribution in [-0.2, 0) is 11.8 Å². The molecule has 7 heteroatoms. The van der Waals surface area contributed by atoms with Gasteiger partial charge in [-0.3, -0.25) is 4.68 Å². The second-order valence-electron chi connectivity index (χ2n) is 7.89. The van der Waals surface area contributed by atoms with Crippen LogP contribution in [0.2, 0.25) is 0 Å². The van der Waals surface area contributed by atoms with Crippen LogP contribution in [0, 0.1) is 11.3 Å². The van der Waals surface area contributed by atoms with Gasteiger partial charge in [-0.15, -0.1) is 0 Å². The summed E-state index contributed by atoms with van der Waals surface area (Å²) in [6, 6.07) is 3.92. The second kappa shape index (κ2) is 9.20. The molecule has 1 fully saturated rings. The van der Waals surface area contributed by atoms with E-state index in [0.29, 0.717) is 17.6 Å². The second-order valence-corrected chi connectivity index (χ2v) is 7.89. The summed E-state index contributed by atoms with van der Waals surface area (Å²) in [7, 11) is 1.86. The first-order valence-corrected chi connectivity index (χ1v) is 10.5. The van der Waals surface area contributed by atoms with Crippen molar-refractivity contribution in [2.24, 2.45) is 13.0 Å². The van der Waals surface area contributed by atoms with Crippen LogP contribution in [0.25, 0.3) is 11.3 Å². The van der Waals surface area contributed by atoms with Gasteiger partial charge in [0, 0.05) is 36.1 Å². The van der Waals surface area contributed by atoms with Crippen LogP contribution in [0.4, 0.5) is 5.82 Å². The zero-order chi connectivity index (χ0) is 21.0. The summed E-state index contributed by atoms with van der Waals surface area (Å²) in [5.41, 5.74) is 3.09. The molecule has 156 valence electrons. The Balaban J connectivity index is 2.18. The first-order valence-electron chi connectivity index (χ1n) is 10.5. The van der Waals surface area contributed by atoms with E-state index < -0.39 is 5.97 Å². The van der Waals surface area contributed by atoms with Gasteiger partial charge in [0.15, 0.2) is 5.69 Å². The van der Waals surface area contributed by atoms with E-state index in [1.165, 1.54) is 19.3 Å². The standard InChI is InChI=1S/C22H31N5O2/c1-5-29-22(28)17-13-16(18-11-12-24-27(18)4)19(20(23)14(2)3)21(26-17)25-15-9-7-6-8-10-15/h11-15,23H,5-10H2,1-4H3,(H,25,26). The smallest absolute Gasteiger partial charge is 0.357 e. The van der Waals surface area contributed by atoms with Gasteiger partial charge in [0.1, 0.15) is 5.82 Å². The van der Waals surface area contributed by atoms with Crippen molar-refractivity contribution in [2.45, 2.75) is 58.9 Å². The first-order chi connectivity index (χ1) is 13.9. The molecule has 0 aliphatic heterocycles. The number of nitrogens with zero attached hydrogens (tertiary/aromatic N) is 3. The maximum absolute atomic E-state index is 12.5. The number of ether oxygens (including phenoxy) is 1. The summed E-state index contributed by atoms with van der Waals surface area (Å²) >= 11 is 0. The van der Waals surface area contributed by atoms with Gasteiger partial charge in [0.2, 0.25) is 0 Å². The van der Waals surface area contributed by atoms with Gasteiger partial charge >= 0.3 is 5.97 Å². The van der Waals surface area contributed by atoms with Crippen LogP contribution in [0.15, 0.2) is 18.3 Å². The summed E-state index contributed by atoms with van der Waals surface area (Å²) in [5, 5.41) is 16.6. The molecule has 0 bridgehead atoms. The van der Waals surface area contributed by atoms with E-state index in [-0.39, 0.29) is 18.2 Å². The van der Waals surface area contributed by atoms with Crippen molar-refractivity contribution in [3.63, 3.8) is 0 Å². The molecule has 29 heavy (non-hydrogen) atoms. The van der Waals surface area contributed by atoms with Crippen LogP contribution in [-0.4, -0.2) is 39.1 Å². The quantitative estimate of drug-likeness (QED) is 0.533. The van der Waals surface area contributed by atoms with Crippen LogP contribution in [0.1, 0.15) is 68.9 Å². The molecule has 2 aromatic heterocycles. The van der Waals surface area contributed by atoms with Crippen LogP contribution < -0.4 is 5.32 Å². The van der Waals surface area contributed by atoms with E-state index in [9.17, 15) is 4.79 Å². The number of hydrogen-bond acceptors (Lipinski definition) is 6. The van der Waals surface area contributed by atoms with E-state index >= 15 is 0 Å². The lowest BCUT2D eigenvalue weighted by molar-refractivity contribution is 0.0519. The van der Waals surface area contributed by atoms with E-state index in [2.05, 4.69) is 15.4 Å². The fourth-order valence-electron chi connectivity index (χ4n) is 3.80. The van der Waals surface area contributed by atoms with Crippen molar-refractivity contribution >= 4 is 17.5 Å². The zero-order valence-corrected chi connectivity index (χ0v) is 17.8. The summed E-state index contributed by atoms with van der Waals surface area (Å²) in [4.78, 5) is 17.2. The maximum Gasteiger partial charge on any atom is 0.357 e. The Kier molecular flexibility index (Phi) is 6.67. The molecule has 2 heterocycles. The molecule has 0 saturated heterocycles. The minimum atomic E-state index is -0.453. The predicted octanol–water partition coefficient (Wildman–Crippen LogP) is 4.43. The Labute approximate surface area is 172 Å². The van der Waals surface area contributed by atoms with Crippen molar-refractivity contribution in [1.29, 1.82) is 5.41 Å². The molecule has 0 unspecified atom stereocenters. The molecule has 2 N–H and O–H groups in total. The SMILES string of the molecule is CCOC(=O)c1cc(-c2ccnn2C)c(C(=N)C(C)C)c(NC2CCCCC2)n1. The first kappa shape index (κ1) is 21.0. The van der Waals surface area contributed by atoms with Gasteiger partial charge in [0.25, 0.3) is 0 Å². The third-order valence-corrected chi connectivity index (χ3v) is 5.39. The monoisotopic (exact) mass is 397 g/mol. The number of esters is 1. The largest absolute Gasteiger partial charge is 0.461 e. The molecule has 7 nitrogen and oxygen atoms in total. The van der Waals surface area contributed by atoms with Crippen molar-refractivity contribution in [3.05, 3.63) is 29.6 Å². The number of carbonyl (C=O) groups excluding carboxylic acids is 1. The molecule has 0 spiro atoms. The minimum Gasteiger partial charge on any atom is -0.461 e. The fourth-order valence-corrected chi connectivity index (χ4v) is 3.80. The van der Waals surface area contributed by atoms with Crippen molar-refractivity contribution < 1.29 is 9.53 Å². The van der Waals surface area contributed by atoms with Crippen LogP contribution in [0.5, 0.6) is 0 Å². The van der Waals surface area contributed by atoms with E-state index in [4.69, 9.17) is 10.1 Å². The number of aryl methyl sites for hydroxylation is 1. The predicted molar refractivity (Wildman–Crippen MR) is 115 cm³/mol. The van der Waals surface area contributed by atoms with E-state index in [1.807, 2.05) is 27.0 Å². The highest BCUT2D eigenvalue weighted by Crippen LogP contribution is 2.33.